The van der Waals surface area contributed by atoms with Crippen LogP contribution in [-0.2, 0) is 57.2 Å². The summed E-state index contributed by atoms with van der Waals surface area (Å²) in [5.74, 6) is -2.70. The van der Waals surface area contributed by atoms with Gasteiger partial charge in [-0.2, -0.15) is 0 Å². The Morgan fingerprint density at radius 1 is 0.548 bits per heavy atom. The van der Waals surface area contributed by atoms with Crippen LogP contribution in [0.2, 0.25) is 0 Å². The van der Waals surface area contributed by atoms with Gasteiger partial charge in [0.1, 0.15) is 32.2 Å². The second-order valence-electron chi connectivity index (χ2n) is 5.86. The average Bonchev–Trinajstić information content (AvgIpc) is 2.70. The van der Waals surface area contributed by atoms with Gasteiger partial charge in [0.15, 0.2) is 18.2 Å². The van der Waals surface area contributed by atoms with Gasteiger partial charge in [-0.05, 0) is 6.92 Å². The maximum absolute atomic E-state index is 11.2. The van der Waals surface area contributed by atoms with Crippen LogP contribution in [0.1, 0.15) is 26.2 Å². The minimum atomic E-state index is -0.617. The first-order valence-corrected chi connectivity index (χ1v) is 9.12. The van der Waals surface area contributed by atoms with Crippen molar-refractivity contribution in [3.63, 3.8) is 0 Å². The zero-order chi connectivity index (χ0) is 24.1. The van der Waals surface area contributed by atoms with Crippen molar-refractivity contribution in [1.29, 1.82) is 0 Å². The molecule has 12 heteroatoms. The summed E-state index contributed by atoms with van der Waals surface area (Å²) in [4.78, 5) is 65.1. The van der Waals surface area contributed by atoms with E-state index in [9.17, 15) is 28.8 Å². The molecule has 0 bridgehead atoms. The summed E-state index contributed by atoms with van der Waals surface area (Å²) in [6, 6.07) is 0. The van der Waals surface area contributed by atoms with Crippen LogP contribution in [0.25, 0.3) is 0 Å². The van der Waals surface area contributed by atoms with Crippen molar-refractivity contribution in [1.82, 2.24) is 0 Å². The number of ether oxygens (including phenoxy) is 6. The largest absolute Gasteiger partial charge is 0.463 e. The number of rotatable bonds is 16. The summed E-state index contributed by atoms with van der Waals surface area (Å²) in [5, 5.41) is 0. The van der Waals surface area contributed by atoms with Gasteiger partial charge in [0.2, 0.25) is 0 Å². The third-order valence-corrected chi connectivity index (χ3v) is 2.92. The van der Waals surface area contributed by atoms with Gasteiger partial charge in [-0.25, -0.2) is 9.59 Å². The summed E-state index contributed by atoms with van der Waals surface area (Å²) < 4.78 is 27.5. The van der Waals surface area contributed by atoms with E-state index in [1.165, 1.54) is 28.3 Å². The second-order valence-corrected chi connectivity index (χ2v) is 5.86. The lowest BCUT2D eigenvalue weighted by atomic mass is 10.2. The molecule has 31 heavy (non-hydrogen) atoms. The molecule has 0 aromatic carbocycles. The van der Waals surface area contributed by atoms with Crippen LogP contribution in [0.5, 0.6) is 0 Å². The molecule has 0 N–H and O–H groups in total. The molecule has 0 spiro atoms. The number of hydrogen-bond donors (Lipinski definition) is 0. The van der Waals surface area contributed by atoms with Crippen molar-refractivity contribution in [2.75, 3.05) is 61.0 Å². The van der Waals surface area contributed by atoms with Gasteiger partial charge in [0.25, 0.3) is 0 Å². The van der Waals surface area contributed by atoms with Crippen molar-refractivity contribution >= 4 is 35.3 Å². The van der Waals surface area contributed by atoms with E-state index in [2.05, 4.69) is 18.9 Å². The zero-order valence-corrected chi connectivity index (χ0v) is 18.3. The number of methoxy groups -OCH3 is 3. The van der Waals surface area contributed by atoms with Crippen molar-refractivity contribution in [3.8, 4) is 0 Å². The molecule has 0 heterocycles. The minimum Gasteiger partial charge on any atom is -0.463 e. The molecular weight excluding hydrogens is 420 g/mol. The average molecular weight is 450 g/mol. The number of carbonyl (C=O) groups excluding carboxylic acids is 6. The Morgan fingerprint density at radius 2 is 1.06 bits per heavy atom. The van der Waals surface area contributed by atoms with Gasteiger partial charge in [-0.3, -0.25) is 19.2 Å². The Labute approximate surface area is 180 Å². The quantitative estimate of drug-likeness (QED) is 0.128. The molecule has 0 radical (unpaired) electrons. The van der Waals surface area contributed by atoms with E-state index < -0.39 is 23.7 Å². The molecule has 12 nitrogen and oxygen atoms in total. The van der Waals surface area contributed by atoms with Crippen molar-refractivity contribution in [3.05, 3.63) is 0 Å². The predicted molar refractivity (Wildman–Crippen MR) is 103 cm³/mol. The normalized spacial score (nSPS) is 9.68. The van der Waals surface area contributed by atoms with Crippen LogP contribution in [0.3, 0.4) is 0 Å². The summed E-state index contributed by atoms with van der Waals surface area (Å²) >= 11 is 0. The van der Waals surface area contributed by atoms with Crippen molar-refractivity contribution in [2.45, 2.75) is 26.2 Å². The molecule has 178 valence electrons. The van der Waals surface area contributed by atoms with E-state index in [1.54, 1.807) is 0 Å². The number of Topliss-reactive ketones (excluding diaryl/α,β-unsaturated/α-hetero) is 3. The summed E-state index contributed by atoms with van der Waals surface area (Å²) in [6.45, 7) is 0.671. The molecule has 0 unspecified atom stereocenters. The highest BCUT2D eigenvalue weighted by atomic mass is 16.6. The lowest BCUT2D eigenvalue weighted by molar-refractivity contribution is -0.152. The molecule has 0 aliphatic rings. The van der Waals surface area contributed by atoms with Gasteiger partial charge in [-0.15, -0.1) is 0 Å². The second kappa shape index (κ2) is 20.6. The maximum Gasteiger partial charge on any atom is 0.332 e. The molecule has 0 aromatic rings. The fourth-order valence-corrected chi connectivity index (χ4v) is 1.59. The molecule has 0 saturated heterocycles. The van der Waals surface area contributed by atoms with Crippen LogP contribution in [0.4, 0.5) is 0 Å². The van der Waals surface area contributed by atoms with E-state index in [1.807, 2.05) is 0 Å². The fraction of sp³-hybridized carbons (Fsp3) is 0.684. The number of carbonyl (C=O) groups is 6. The number of esters is 3. The highest BCUT2D eigenvalue weighted by Gasteiger charge is 2.11. The van der Waals surface area contributed by atoms with Gasteiger partial charge in [-0.1, -0.05) is 0 Å². The van der Waals surface area contributed by atoms with E-state index >= 15 is 0 Å². The Hall–Kier alpha value is -2.70. The maximum atomic E-state index is 11.2. The van der Waals surface area contributed by atoms with Crippen LogP contribution in [-0.4, -0.2) is 96.2 Å². The predicted octanol–water partition coefficient (Wildman–Crippen LogP) is -0.561. The van der Waals surface area contributed by atoms with Gasteiger partial charge in [0, 0.05) is 27.8 Å². The van der Waals surface area contributed by atoms with E-state index in [0.717, 1.165) is 0 Å². The van der Waals surface area contributed by atoms with Crippen LogP contribution in [0.15, 0.2) is 0 Å². The first-order chi connectivity index (χ1) is 14.7. The lowest BCUT2D eigenvalue weighted by Crippen LogP contribution is -2.18. The molecule has 0 aromatic heterocycles. The topological polar surface area (TPSA) is 158 Å². The third-order valence-electron chi connectivity index (χ3n) is 2.92. The standard InChI is InChI=1S/C11H18O7.C8H12O5/c1-15-5-6-17-10(13)4-3-9(12)7-18-11(14)8-16-2;1-6(9)3-7(10)4-13-8(11)5-12-2/h3-8H2,1-2H3;3-5H2,1-2H3. The zero-order valence-electron chi connectivity index (χ0n) is 18.3. The summed E-state index contributed by atoms with van der Waals surface area (Å²) in [6.07, 6.45) is -0.253. The van der Waals surface area contributed by atoms with Crippen molar-refractivity contribution in [2.24, 2.45) is 0 Å². The van der Waals surface area contributed by atoms with E-state index in [-0.39, 0.29) is 63.9 Å². The molecule has 0 aliphatic heterocycles. The number of ketones is 3. The Bertz CT molecular complexity index is 584. The lowest BCUT2D eigenvalue weighted by Gasteiger charge is -2.04. The molecule has 0 aliphatic carbocycles. The Balaban J connectivity index is 0. The van der Waals surface area contributed by atoms with Gasteiger partial charge >= 0.3 is 17.9 Å². The monoisotopic (exact) mass is 450 g/mol. The van der Waals surface area contributed by atoms with Crippen LogP contribution in [0, 0.1) is 0 Å². The number of hydrogen-bond acceptors (Lipinski definition) is 12. The summed E-state index contributed by atoms with van der Waals surface area (Å²) in [5.41, 5.74) is 0. The first kappa shape index (κ1) is 30.5. The SMILES string of the molecule is COCC(=O)OCC(=O)CC(C)=O.COCCOC(=O)CCC(=O)COC(=O)COC. The fourth-order valence-electron chi connectivity index (χ4n) is 1.59. The van der Waals surface area contributed by atoms with Crippen LogP contribution < -0.4 is 0 Å². The Morgan fingerprint density at radius 3 is 1.52 bits per heavy atom. The molecule has 0 atom stereocenters. The smallest absolute Gasteiger partial charge is 0.332 e. The minimum absolute atomic E-state index is 0.0217. The third kappa shape index (κ3) is 23.4. The van der Waals surface area contributed by atoms with E-state index in [0.29, 0.717) is 6.61 Å². The molecule has 0 saturated carbocycles. The van der Waals surface area contributed by atoms with Gasteiger partial charge in [0.05, 0.1) is 19.4 Å². The molecule has 0 amide bonds. The van der Waals surface area contributed by atoms with Crippen molar-refractivity contribution < 1.29 is 57.2 Å². The summed E-state index contributed by atoms with van der Waals surface area (Å²) in [7, 11) is 4.18. The van der Waals surface area contributed by atoms with Crippen LogP contribution >= 0.6 is 0 Å². The highest BCUT2D eigenvalue weighted by Crippen LogP contribution is 1.96. The Kier molecular flexibility index (Phi) is 20.2. The molecular formula is C19H30O12. The molecule has 0 fully saturated rings. The van der Waals surface area contributed by atoms with Gasteiger partial charge < -0.3 is 28.4 Å². The van der Waals surface area contributed by atoms with E-state index in [4.69, 9.17) is 9.47 Å². The molecule has 0 rings (SSSR count). The highest BCUT2D eigenvalue weighted by molar-refractivity contribution is 5.99. The first-order valence-electron chi connectivity index (χ1n) is 9.12.